The average molecular weight is 227 g/mol. The Hall–Kier alpha value is -1.22. The third-order valence-electron chi connectivity index (χ3n) is 1.21. The molecule has 0 amide bonds. The van der Waals surface area contributed by atoms with Crippen LogP contribution in [0.3, 0.4) is 0 Å². The monoisotopic (exact) mass is 227 g/mol. The van der Waals surface area contributed by atoms with Crippen molar-refractivity contribution in [1.82, 2.24) is 0 Å². The van der Waals surface area contributed by atoms with E-state index in [0.717, 1.165) is 0 Å². The molecular weight excluding hydrogens is 223 g/mol. The summed E-state index contributed by atoms with van der Waals surface area (Å²) in [5.41, 5.74) is 4.13. The highest BCUT2D eigenvalue weighted by molar-refractivity contribution is 5.88. The Kier molecular flexibility index (Phi) is 2.89. The van der Waals surface area contributed by atoms with Gasteiger partial charge in [-0.2, -0.15) is 35.8 Å². The first-order valence-electron chi connectivity index (χ1n) is 2.84. The highest BCUT2D eigenvalue weighted by atomic mass is 19.4. The summed E-state index contributed by atoms with van der Waals surface area (Å²) in [6.07, 6.45) is -6.44. The summed E-state index contributed by atoms with van der Waals surface area (Å²) in [5.74, 6) is -10.2. The molecule has 0 atom stereocenters. The molecule has 3 nitrogen and oxygen atoms in total. The zero-order chi connectivity index (χ0) is 11.8. The van der Waals surface area contributed by atoms with Crippen molar-refractivity contribution in [1.29, 1.82) is 0 Å². The number of nitrogens with zero attached hydrogens (tertiary/aromatic N) is 1. The summed E-state index contributed by atoms with van der Waals surface area (Å²) in [7, 11) is 0. The maximum atomic E-state index is 12.3. The Labute approximate surface area is 72.5 Å². The second kappa shape index (κ2) is 3.17. The lowest BCUT2D eigenvalue weighted by Gasteiger charge is -2.26. The number of hydrogen-bond acceptors (Lipinski definition) is 2. The van der Waals surface area contributed by atoms with Gasteiger partial charge in [-0.1, -0.05) is 0 Å². The number of halogens is 7. The van der Waals surface area contributed by atoms with E-state index in [1.54, 1.807) is 0 Å². The summed E-state index contributed by atoms with van der Waals surface area (Å²) < 4.78 is 83.0. The first-order chi connectivity index (χ1) is 5.98. The summed E-state index contributed by atoms with van der Waals surface area (Å²) in [6.45, 7) is 0. The van der Waals surface area contributed by atoms with Crippen LogP contribution in [0.5, 0.6) is 0 Å². The SMILES string of the molecule is N/N=C(\N)C(F)(F)C(F)(F)C(F)(F)F. The molecule has 0 radical (unpaired) electrons. The molecule has 0 aliphatic rings. The first-order valence-corrected chi connectivity index (χ1v) is 2.84. The molecule has 0 rings (SSSR count). The standard InChI is InChI=1S/C4H4F7N3/c5-2(6,1(12)14-13)3(7,8)4(9,10)11/h13H2,(H2,12,14). The Morgan fingerprint density at radius 2 is 1.29 bits per heavy atom. The zero-order valence-electron chi connectivity index (χ0n) is 6.25. The Morgan fingerprint density at radius 1 is 0.929 bits per heavy atom. The average Bonchev–Trinajstić information content (AvgIpc) is 2.00. The van der Waals surface area contributed by atoms with Crippen LogP contribution in [-0.4, -0.2) is 23.9 Å². The van der Waals surface area contributed by atoms with Gasteiger partial charge in [0.25, 0.3) is 0 Å². The molecule has 0 saturated carbocycles. The Balaban J connectivity index is 5.29. The Morgan fingerprint density at radius 3 is 1.50 bits per heavy atom. The molecule has 14 heavy (non-hydrogen) atoms. The fourth-order valence-electron chi connectivity index (χ4n) is 0.420. The van der Waals surface area contributed by atoms with E-state index in [4.69, 9.17) is 0 Å². The maximum Gasteiger partial charge on any atom is 0.460 e. The summed E-state index contributed by atoms with van der Waals surface area (Å²) in [6, 6.07) is 0. The molecule has 0 unspecified atom stereocenters. The molecule has 0 bridgehead atoms. The number of rotatable bonds is 2. The van der Waals surface area contributed by atoms with E-state index in [-0.39, 0.29) is 0 Å². The smallest absolute Gasteiger partial charge is 0.380 e. The van der Waals surface area contributed by atoms with E-state index in [9.17, 15) is 30.7 Å². The van der Waals surface area contributed by atoms with Crippen LogP contribution >= 0.6 is 0 Å². The van der Waals surface area contributed by atoms with Gasteiger partial charge >= 0.3 is 18.0 Å². The molecule has 0 aromatic carbocycles. The lowest BCUT2D eigenvalue weighted by molar-refractivity contribution is -0.336. The Bertz CT molecular complexity index is 242. The van der Waals surface area contributed by atoms with Crippen LogP contribution in [0.1, 0.15) is 0 Å². The van der Waals surface area contributed by atoms with E-state index in [1.807, 2.05) is 5.10 Å². The van der Waals surface area contributed by atoms with E-state index in [2.05, 4.69) is 11.6 Å². The molecule has 84 valence electrons. The van der Waals surface area contributed by atoms with Gasteiger partial charge in [0, 0.05) is 0 Å². The third kappa shape index (κ3) is 1.68. The lowest BCUT2D eigenvalue weighted by Crippen LogP contribution is -2.58. The molecule has 0 aromatic rings. The van der Waals surface area contributed by atoms with Gasteiger partial charge in [-0.05, 0) is 0 Å². The van der Waals surface area contributed by atoms with Crippen molar-refractivity contribution < 1.29 is 30.7 Å². The van der Waals surface area contributed by atoms with Gasteiger partial charge in [-0.25, -0.2) is 0 Å². The minimum atomic E-state index is -6.44. The molecule has 0 heterocycles. The van der Waals surface area contributed by atoms with Crippen molar-refractivity contribution in [2.45, 2.75) is 18.0 Å². The lowest BCUT2D eigenvalue weighted by atomic mass is 10.1. The predicted molar refractivity (Wildman–Crippen MR) is 31.8 cm³/mol. The minimum Gasteiger partial charge on any atom is -0.380 e. The van der Waals surface area contributed by atoms with Gasteiger partial charge in [-0.3, -0.25) is 0 Å². The number of amidine groups is 1. The van der Waals surface area contributed by atoms with Crippen LogP contribution in [0.2, 0.25) is 0 Å². The van der Waals surface area contributed by atoms with Gasteiger partial charge in [-0.15, -0.1) is 0 Å². The summed E-state index contributed by atoms with van der Waals surface area (Å²) in [4.78, 5) is 0. The molecular formula is C4H4F7N3. The topological polar surface area (TPSA) is 64.4 Å². The van der Waals surface area contributed by atoms with Crippen molar-refractivity contribution in [3.05, 3.63) is 0 Å². The van der Waals surface area contributed by atoms with Crippen molar-refractivity contribution in [2.24, 2.45) is 16.7 Å². The van der Waals surface area contributed by atoms with Crippen LogP contribution in [-0.2, 0) is 0 Å². The first kappa shape index (κ1) is 12.8. The molecule has 10 heteroatoms. The molecule has 0 aromatic heterocycles. The minimum absolute atomic E-state index is 1.90. The predicted octanol–water partition coefficient (Wildman–Crippen LogP) is 1.05. The normalized spacial score (nSPS) is 15.8. The maximum absolute atomic E-state index is 12.3. The van der Waals surface area contributed by atoms with Gasteiger partial charge < -0.3 is 11.6 Å². The number of nitrogens with two attached hydrogens (primary N) is 2. The zero-order valence-corrected chi connectivity index (χ0v) is 6.25. The number of hydrazone groups is 1. The number of hydrogen-bond donors (Lipinski definition) is 2. The quantitative estimate of drug-likeness (QED) is 0.243. The van der Waals surface area contributed by atoms with Crippen molar-refractivity contribution in [3.8, 4) is 0 Å². The second-order valence-electron chi connectivity index (χ2n) is 2.16. The fraction of sp³-hybridized carbons (Fsp3) is 0.750. The van der Waals surface area contributed by atoms with E-state index in [1.165, 1.54) is 0 Å². The van der Waals surface area contributed by atoms with Gasteiger partial charge in [0.15, 0.2) is 5.84 Å². The largest absolute Gasteiger partial charge is 0.460 e. The molecule has 0 aliphatic carbocycles. The van der Waals surface area contributed by atoms with Crippen molar-refractivity contribution in [3.63, 3.8) is 0 Å². The van der Waals surface area contributed by atoms with Crippen molar-refractivity contribution >= 4 is 5.84 Å². The second-order valence-corrected chi connectivity index (χ2v) is 2.16. The van der Waals surface area contributed by atoms with Crippen LogP contribution < -0.4 is 11.6 Å². The molecule has 0 spiro atoms. The van der Waals surface area contributed by atoms with Gasteiger partial charge in [0.2, 0.25) is 0 Å². The van der Waals surface area contributed by atoms with Gasteiger partial charge in [0.05, 0.1) is 0 Å². The molecule has 0 aliphatic heterocycles. The fourth-order valence-corrected chi connectivity index (χ4v) is 0.420. The summed E-state index contributed by atoms with van der Waals surface area (Å²) in [5, 5.41) is 1.90. The van der Waals surface area contributed by atoms with E-state index in [0.29, 0.717) is 0 Å². The highest BCUT2D eigenvalue weighted by Gasteiger charge is 2.74. The number of alkyl halides is 7. The van der Waals surface area contributed by atoms with E-state index >= 15 is 0 Å². The summed E-state index contributed by atoms with van der Waals surface area (Å²) >= 11 is 0. The highest BCUT2D eigenvalue weighted by Crippen LogP contribution is 2.46. The van der Waals surface area contributed by atoms with Crippen LogP contribution in [0.25, 0.3) is 0 Å². The molecule has 4 N–H and O–H groups in total. The van der Waals surface area contributed by atoms with Gasteiger partial charge in [0.1, 0.15) is 0 Å². The van der Waals surface area contributed by atoms with Crippen LogP contribution in [0, 0.1) is 0 Å². The molecule has 0 fully saturated rings. The third-order valence-corrected chi connectivity index (χ3v) is 1.21. The van der Waals surface area contributed by atoms with E-state index < -0.39 is 23.9 Å². The molecule has 0 saturated heterocycles. The van der Waals surface area contributed by atoms with Crippen molar-refractivity contribution in [2.75, 3.05) is 0 Å². The van der Waals surface area contributed by atoms with Crippen LogP contribution in [0.4, 0.5) is 30.7 Å². The van der Waals surface area contributed by atoms with Crippen LogP contribution in [0.15, 0.2) is 5.10 Å².